The van der Waals surface area contributed by atoms with Gasteiger partial charge >= 0.3 is 12.1 Å². The van der Waals surface area contributed by atoms with Gasteiger partial charge in [-0.2, -0.15) is 0 Å². The van der Waals surface area contributed by atoms with Crippen molar-refractivity contribution in [1.29, 1.82) is 0 Å². The molecule has 1 aromatic heterocycles. The van der Waals surface area contributed by atoms with Crippen LogP contribution in [0.15, 0.2) is 54.7 Å². The van der Waals surface area contributed by atoms with Gasteiger partial charge in [0.1, 0.15) is 24.5 Å². The van der Waals surface area contributed by atoms with E-state index in [-0.39, 0.29) is 18.9 Å². The van der Waals surface area contributed by atoms with E-state index >= 15 is 0 Å². The summed E-state index contributed by atoms with van der Waals surface area (Å²) in [4.78, 5) is 40.8. The molecule has 0 bridgehead atoms. The van der Waals surface area contributed by atoms with Crippen LogP contribution in [0.25, 0.3) is 10.9 Å². The Labute approximate surface area is 196 Å². The highest BCUT2D eigenvalue weighted by molar-refractivity contribution is 5.91. The van der Waals surface area contributed by atoms with Gasteiger partial charge in [0.2, 0.25) is 5.91 Å². The average molecular weight is 470 g/mol. The summed E-state index contributed by atoms with van der Waals surface area (Å²) >= 11 is 0. The van der Waals surface area contributed by atoms with Crippen LogP contribution in [0.5, 0.6) is 0 Å². The molecule has 8 nitrogen and oxygen atoms in total. The number of aromatic amines is 1. The number of fused-ring (bicyclic) bond motifs is 1. The Morgan fingerprint density at radius 3 is 2.47 bits per heavy atom. The number of benzene rings is 2. The standard InChI is InChI=1S/C25H28FN3O5/c1-15(2)22(29-25(32)34-14-16-7-5-4-6-8-16)23(30)28-21(24(31)33-3)11-17-13-27-20-10-9-18(26)12-19(17)20/h4-10,12-13,15,21-22,27H,11,14H2,1-3H3,(H,28,30)(H,29,32)/t21?,22-/m0/s1. The molecule has 3 rings (SSSR count). The first-order valence-electron chi connectivity index (χ1n) is 10.9. The van der Waals surface area contributed by atoms with Gasteiger partial charge in [0, 0.05) is 23.5 Å². The first-order valence-corrected chi connectivity index (χ1v) is 10.9. The van der Waals surface area contributed by atoms with Gasteiger partial charge in [-0.1, -0.05) is 44.2 Å². The van der Waals surface area contributed by atoms with E-state index in [1.165, 1.54) is 19.2 Å². The molecule has 0 aliphatic heterocycles. The molecule has 0 spiro atoms. The SMILES string of the molecule is COC(=O)C(Cc1c[nH]c2ccc(F)cc12)NC(=O)[C@@H](NC(=O)OCc1ccccc1)C(C)C. The summed E-state index contributed by atoms with van der Waals surface area (Å²) in [7, 11) is 1.22. The van der Waals surface area contributed by atoms with Gasteiger partial charge in [0.15, 0.2) is 0 Å². The molecule has 9 heteroatoms. The van der Waals surface area contributed by atoms with Crippen molar-refractivity contribution in [2.45, 2.75) is 39.0 Å². The third-order valence-electron chi connectivity index (χ3n) is 5.39. The zero-order valence-electron chi connectivity index (χ0n) is 19.3. The third kappa shape index (κ3) is 6.34. The Morgan fingerprint density at radius 2 is 1.79 bits per heavy atom. The smallest absolute Gasteiger partial charge is 0.408 e. The average Bonchev–Trinajstić information content (AvgIpc) is 3.22. The predicted octanol–water partition coefficient (Wildman–Crippen LogP) is 3.46. The number of carbonyl (C=O) groups excluding carboxylic acids is 3. The molecule has 0 saturated carbocycles. The minimum atomic E-state index is -1.04. The summed E-state index contributed by atoms with van der Waals surface area (Å²) in [6, 6.07) is 11.4. The highest BCUT2D eigenvalue weighted by Crippen LogP contribution is 2.21. The second-order valence-corrected chi connectivity index (χ2v) is 8.22. The number of carbonyl (C=O) groups is 3. The van der Waals surface area contributed by atoms with Crippen LogP contribution in [0, 0.1) is 11.7 Å². The van der Waals surface area contributed by atoms with Crippen LogP contribution in [0.4, 0.5) is 9.18 Å². The normalized spacial score (nSPS) is 12.7. The summed E-state index contributed by atoms with van der Waals surface area (Å²) in [5.41, 5.74) is 2.15. The van der Waals surface area contributed by atoms with E-state index in [1.807, 2.05) is 30.3 Å². The van der Waals surface area contributed by atoms with Gasteiger partial charge in [-0.3, -0.25) is 4.79 Å². The zero-order chi connectivity index (χ0) is 24.7. The van der Waals surface area contributed by atoms with Crippen LogP contribution in [0.2, 0.25) is 0 Å². The molecule has 180 valence electrons. The van der Waals surface area contributed by atoms with E-state index in [2.05, 4.69) is 15.6 Å². The van der Waals surface area contributed by atoms with Crippen molar-refractivity contribution in [2.75, 3.05) is 7.11 Å². The van der Waals surface area contributed by atoms with Crippen LogP contribution < -0.4 is 10.6 Å². The van der Waals surface area contributed by atoms with E-state index in [9.17, 15) is 18.8 Å². The topological polar surface area (TPSA) is 110 Å². The Morgan fingerprint density at radius 1 is 1.06 bits per heavy atom. The molecule has 1 unspecified atom stereocenters. The maximum atomic E-state index is 13.7. The van der Waals surface area contributed by atoms with Crippen molar-refractivity contribution in [1.82, 2.24) is 15.6 Å². The Hall–Kier alpha value is -3.88. The fourth-order valence-electron chi connectivity index (χ4n) is 3.56. The van der Waals surface area contributed by atoms with Crippen LogP contribution >= 0.6 is 0 Å². The van der Waals surface area contributed by atoms with Crippen molar-refractivity contribution in [3.05, 3.63) is 71.7 Å². The molecular weight excluding hydrogens is 441 g/mol. The summed E-state index contributed by atoms with van der Waals surface area (Å²) in [6.07, 6.45) is 0.982. The number of ether oxygens (including phenoxy) is 2. The van der Waals surface area contributed by atoms with E-state index < -0.39 is 35.9 Å². The number of rotatable bonds is 9. The Balaban J connectivity index is 1.68. The van der Waals surface area contributed by atoms with Gasteiger partial charge in [-0.25, -0.2) is 14.0 Å². The number of halogens is 1. The highest BCUT2D eigenvalue weighted by Gasteiger charge is 2.30. The Kier molecular flexibility index (Phi) is 8.24. The molecule has 0 aliphatic carbocycles. The van der Waals surface area contributed by atoms with Gasteiger partial charge in [0.05, 0.1) is 7.11 Å². The summed E-state index contributed by atoms with van der Waals surface area (Å²) < 4.78 is 23.8. The quantitative estimate of drug-likeness (QED) is 0.416. The number of nitrogens with one attached hydrogen (secondary N) is 3. The second-order valence-electron chi connectivity index (χ2n) is 8.22. The number of alkyl carbamates (subject to hydrolysis) is 1. The van der Waals surface area contributed by atoms with Crippen LogP contribution in [0.1, 0.15) is 25.0 Å². The lowest BCUT2D eigenvalue weighted by Gasteiger charge is -2.24. The number of aromatic nitrogens is 1. The van der Waals surface area contributed by atoms with Crippen molar-refractivity contribution in [3.63, 3.8) is 0 Å². The molecule has 2 atom stereocenters. The lowest BCUT2D eigenvalue weighted by Crippen LogP contribution is -2.54. The van der Waals surface area contributed by atoms with Crippen molar-refractivity contribution < 1.29 is 28.2 Å². The number of methoxy groups -OCH3 is 1. The minimum absolute atomic E-state index is 0.0566. The second kappa shape index (κ2) is 11.3. The number of hydrogen-bond donors (Lipinski definition) is 3. The first kappa shape index (κ1) is 24.8. The van der Waals surface area contributed by atoms with E-state index in [0.717, 1.165) is 5.56 Å². The third-order valence-corrected chi connectivity index (χ3v) is 5.39. The Bertz CT molecular complexity index is 1150. The largest absolute Gasteiger partial charge is 0.467 e. The van der Waals surface area contributed by atoms with Crippen LogP contribution in [-0.2, 0) is 32.1 Å². The zero-order valence-corrected chi connectivity index (χ0v) is 19.3. The first-order chi connectivity index (χ1) is 16.3. The molecule has 1 heterocycles. The maximum Gasteiger partial charge on any atom is 0.408 e. The molecule has 0 aliphatic rings. The van der Waals surface area contributed by atoms with Crippen molar-refractivity contribution >= 4 is 28.9 Å². The summed E-state index contributed by atoms with van der Waals surface area (Å²) in [5.74, 6) is -1.92. The molecule has 0 fully saturated rings. The highest BCUT2D eigenvalue weighted by atomic mass is 19.1. The molecule has 0 radical (unpaired) electrons. The molecule has 3 N–H and O–H groups in total. The summed E-state index contributed by atoms with van der Waals surface area (Å²) in [6.45, 7) is 3.58. The maximum absolute atomic E-state index is 13.7. The monoisotopic (exact) mass is 469 g/mol. The van der Waals surface area contributed by atoms with Crippen LogP contribution in [-0.4, -0.2) is 42.1 Å². The van der Waals surface area contributed by atoms with Crippen molar-refractivity contribution in [3.8, 4) is 0 Å². The van der Waals surface area contributed by atoms with E-state index in [0.29, 0.717) is 16.5 Å². The molecule has 2 aromatic carbocycles. The van der Waals surface area contributed by atoms with Gasteiger partial charge < -0.3 is 25.1 Å². The fraction of sp³-hybridized carbons (Fsp3) is 0.320. The molecular formula is C25H28FN3O5. The van der Waals surface area contributed by atoms with E-state index in [1.54, 1.807) is 26.1 Å². The molecule has 3 aromatic rings. The minimum Gasteiger partial charge on any atom is -0.467 e. The van der Waals surface area contributed by atoms with Gasteiger partial charge in [-0.15, -0.1) is 0 Å². The lowest BCUT2D eigenvalue weighted by molar-refractivity contribution is -0.145. The fourth-order valence-corrected chi connectivity index (χ4v) is 3.56. The predicted molar refractivity (Wildman–Crippen MR) is 124 cm³/mol. The van der Waals surface area contributed by atoms with Crippen LogP contribution in [0.3, 0.4) is 0 Å². The van der Waals surface area contributed by atoms with E-state index in [4.69, 9.17) is 9.47 Å². The van der Waals surface area contributed by atoms with Gasteiger partial charge in [0.25, 0.3) is 0 Å². The molecule has 2 amide bonds. The molecule has 0 saturated heterocycles. The summed E-state index contributed by atoms with van der Waals surface area (Å²) in [5, 5.41) is 5.82. The number of hydrogen-bond acceptors (Lipinski definition) is 5. The van der Waals surface area contributed by atoms with Gasteiger partial charge in [-0.05, 0) is 35.2 Å². The molecule has 34 heavy (non-hydrogen) atoms. The lowest BCUT2D eigenvalue weighted by atomic mass is 10.0. The number of amides is 2. The number of H-pyrrole nitrogens is 1. The van der Waals surface area contributed by atoms with Crippen molar-refractivity contribution in [2.24, 2.45) is 5.92 Å². The number of esters is 1.